The van der Waals surface area contributed by atoms with E-state index >= 15 is 0 Å². The second-order valence-corrected chi connectivity index (χ2v) is 7.71. The van der Waals surface area contributed by atoms with Crippen LogP contribution in [0.1, 0.15) is 35.4 Å². The number of hydrogen-bond acceptors (Lipinski definition) is 6. The van der Waals surface area contributed by atoms with Crippen LogP contribution < -0.4 is 10.6 Å². The van der Waals surface area contributed by atoms with Crippen molar-refractivity contribution in [1.29, 1.82) is 5.41 Å². The van der Waals surface area contributed by atoms with Crippen molar-refractivity contribution in [3.05, 3.63) is 22.4 Å². The highest BCUT2D eigenvalue weighted by Gasteiger charge is 2.26. The monoisotopic (exact) mass is 391 g/mol. The fraction of sp³-hybridized carbons (Fsp3) is 0.375. The summed E-state index contributed by atoms with van der Waals surface area (Å²) in [7, 11) is 0. The van der Waals surface area contributed by atoms with E-state index in [4.69, 9.17) is 5.41 Å². The molecule has 2 heterocycles. The van der Waals surface area contributed by atoms with Crippen molar-refractivity contribution in [3.63, 3.8) is 0 Å². The molecule has 2 aliphatic rings. The number of thioether (sulfide) groups is 1. The molecule has 0 spiro atoms. The highest BCUT2D eigenvalue weighted by molar-refractivity contribution is 8.14. The quantitative estimate of drug-likeness (QED) is 0.721. The van der Waals surface area contributed by atoms with E-state index in [0.717, 1.165) is 37.4 Å². The van der Waals surface area contributed by atoms with Crippen LogP contribution in [-0.2, 0) is 9.59 Å². The van der Waals surface area contributed by atoms with E-state index < -0.39 is 17.6 Å². The Balaban J connectivity index is 1.58. The van der Waals surface area contributed by atoms with Gasteiger partial charge in [-0.05, 0) is 24.3 Å². The van der Waals surface area contributed by atoms with Crippen LogP contribution in [-0.4, -0.2) is 46.2 Å². The minimum absolute atomic E-state index is 0.101. The van der Waals surface area contributed by atoms with Crippen LogP contribution in [0.2, 0.25) is 0 Å². The van der Waals surface area contributed by atoms with Crippen LogP contribution in [0, 0.1) is 5.41 Å². The summed E-state index contributed by atoms with van der Waals surface area (Å²) in [6, 6.07) is 3.52. The summed E-state index contributed by atoms with van der Waals surface area (Å²) in [4.78, 5) is 44.0. The Hall–Kier alpha value is -2.33. The standard InChI is InChI=1S/C16H17N5O3S2/c17-13-12(19-14(23)10-6-3-7-25-10)15(24)21-16(20-13)26-8-11(22)18-9-4-1-2-5-9/h3,6-7,9H,1-2,4-5,8H2,(H,18,22)(H2,17,20,21,24). The lowest BCUT2D eigenvalue weighted by atomic mass is 10.2. The predicted octanol–water partition coefficient (Wildman–Crippen LogP) is 1.58. The first-order chi connectivity index (χ1) is 12.5. The third kappa shape index (κ3) is 4.64. The molecule has 0 saturated heterocycles. The maximum absolute atomic E-state index is 12.1. The van der Waals surface area contributed by atoms with E-state index in [1.165, 1.54) is 11.3 Å². The van der Waals surface area contributed by atoms with Gasteiger partial charge in [-0.25, -0.2) is 4.99 Å². The zero-order valence-electron chi connectivity index (χ0n) is 13.8. The zero-order chi connectivity index (χ0) is 18.5. The molecule has 10 heteroatoms. The molecule has 1 aromatic heterocycles. The molecule has 0 radical (unpaired) electrons. The summed E-state index contributed by atoms with van der Waals surface area (Å²) < 4.78 is 0. The van der Waals surface area contributed by atoms with Gasteiger partial charge in [0.25, 0.3) is 11.8 Å². The van der Waals surface area contributed by atoms with Crippen molar-refractivity contribution >= 4 is 57.5 Å². The SMILES string of the molecule is N=C1N=C(SCC(=O)NC2CCCC2)NC(=O)C1=NC(=O)c1cccs1. The number of hydrogen-bond donors (Lipinski definition) is 3. The molecule has 3 amide bonds. The van der Waals surface area contributed by atoms with Gasteiger partial charge in [-0.15, -0.1) is 11.3 Å². The maximum atomic E-state index is 12.1. The molecule has 1 aliphatic heterocycles. The average Bonchev–Trinajstić information content (AvgIpc) is 3.29. The van der Waals surface area contributed by atoms with Crippen molar-refractivity contribution in [2.75, 3.05) is 5.75 Å². The highest BCUT2D eigenvalue weighted by atomic mass is 32.2. The molecule has 1 fully saturated rings. The first kappa shape index (κ1) is 18.5. The number of rotatable bonds is 4. The summed E-state index contributed by atoms with van der Waals surface area (Å²) in [6.07, 6.45) is 4.25. The first-order valence-electron chi connectivity index (χ1n) is 8.10. The van der Waals surface area contributed by atoms with Crippen LogP contribution in [0.25, 0.3) is 0 Å². The molecule has 0 unspecified atom stereocenters. The minimum atomic E-state index is -0.673. The van der Waals surface area contributed by atoms with E-state index in [1.807, 2.05) is 0 Å². The molecule has 1 aliphatic carbocycles. The van der Waals surface area contributed by atoms with E-state index in [2.05, 4.69) is 20.6 Å². The lowest BCUT2D eigenvalue weighted by Gasteiger charge is -2.15. The van der Waals surface area contributed by atoms with Gasteiger partial charge in [0.2, 0.25) is 5.91 Å². The van der Waals surface area contributed by atoms with Gasteiger partial charge in [-0.3, -0.25) is 25.1 Å². The Morgan fingerprint density at radius 1 is 1.42 bits per heavy atom. The third-order valence-corrected chi connectivity index (χ3v) is 5.61. The smallest absolute Gasteiger partial charge is 0.287 e. The Morgan fingerprint density at radius 2 is 2.19 bits per heavy atom. The van der Waals surface area contributed by atoms with Gasteiger partial charge in [0, 0.05) is 6.04 Å². The van der Waals surface area contributed by atoms with Crippen molar-refractivity contribution in [1.82, 2.24) is 10.6 Å². The number of nitrogens with one attached hydrogen (secondary N) is 3. The van der Waals surface area contributed by atoms with Crippen LogP contribution in [0.5, 0.6) is 0 Å². The first-order valence-corrected chi connectivity index (χ1v) is 9.97. The van der Waals surface area contributed by atoms with Crippen LogP contribution in [0.4, 0.5) is 0 Å². The Kier molecular flexibility index (Phi) is 5.94. The number of thiophene rings is 1. The molecular formula is C16H17N5O3S2. The van der Waals surface area contributed by atoms with Gasteiger partial charge >= 0.3 is 0 Å². The van der Waals surface area contributed by atoms with Crippen LogP contribution in [0.15, 0.2) is 27.5 Å². The van der Waals surface area contributed by atoms with E-state index in [-0.39, 0.29) is 28.6 Å². The van der Waals surface area contributed by atoms with Gasteiger partial charge in [-0.1, -0.05) is 30.7 Å². The minimum Gasteiger partial charge on any atom is -0.353 e. The van der Waals surface area contributed by atoms with Gasteiger partial charge in [0.15, 0.2) is 16.7 Å². The number of amidine groups is 2. The Morgan fingerprint density at radius 3 is 2.85 bits per heavy atom. The van der Waals surface area contributed by atoms with Gasteiger partial charge in [0.05, 0.1) is 10.6 Å². The fourth-order valence-electron chi connectivity index (χ4n) is 2.65. The molecule has 136 valence electrons. The topological polar surface area (TPSA) is 124 Å². The Bertz CT molecular complexity index is 795. The second kappa shape index (κ2) is 8.37. The normalized spacial score (nSPS) is 19.4. The number of carbonyl (C=O) groups excluding carboxylic acids is 3. The van der Waals surface area contributed by atoms with E-state index in [1.54, 1.807) is 17.5 Å². The molecule has 3 rings (SSSR count). The molecule has 1 aromatic rings. The summed E-state index contributed by atoms with van der Waals surface area (Å²) in [5, 5.41) is 15.1. The lowest BCUT2D eigenvalue weighted by Crippen LogP contribution is -2.44. The summed E-state index contributed by atoms with van der Waals surface area (Å²) in [5.41, 5.74) is -0.330. The Labute approximate surface area is 158 Å². The maximum Gasteiger partial charge on any atom is 0.287 e. The van der Waals surface area contributed by atoms with E-state index in [9.17, 15) is 14.4 Å². The number of aliphatic imine (C=N–C) groups is 2. The van der Waals surface area contributed by atoms with Crippen molar-refractivity contribution in [2.45, 2.75) is 31.7 Å². The zero-order valence-corrected chi connectivity index (χ0v) is 15.4. The highest BCUT2D eigenvalue weighted by Crippen LogP contribution is 2.18. The van der Waals surface area contributed by atoms with Gasteiger partial charge in [0.1, 0.15) is 0 Å². The second-order valence-electron chi connectivity index (χ2n) is 5.80. The molecule has 0 bridgehead atoms. The molecular weight excluding hydrogens is 374 g/mol. The lowest BCUT2D eigenvalue weighted by molar-refractivity contribution is -0.119. The summed E-state index contributed by atoms with van der Waals surface area (Å²) >= 11 is 2.25. The molecule has 1 saturated carbocycles. The van der Waals surface area contributed by atoms with E-state index in [0.29, 0.717) is 4.88 Å². The van der Waals surface area contributed by atoms with Crippen LogP contribution in [0.3, 0.4) is 0 Å². The molecule has 26 heavy (non-hydrogen) atoms. The van der Waals surface area contributed by atoms with Crippen molar-refractivity contribution in [2.24, 2.45) is 9.98 Å². The fourth-order valence-corrected chi connectivity index (χ4v) is 3.93. The summed E-state index contributed by atoms with van der Waals surface area (Å²) in [5.74, 6) is -1.68. The van der Waals surface area contributed by atoms with Crippen LogP contribution >= 0.6 is 23.1 Å². The molecule has 8 nitrogen and oxygen atoms in total. The number of carbonyl (C=O) groups is 3. The number of amides is 3. The third-order valence-electron chi connectivity index (χ3n) is 3.88. The van der Waals surface area contributed by atoms with Crippen molar-refractivity contribution in [3.8, 4) is 0 Å². The predicted molar refractivity (Wildman–Crippen MR) is 102 cm³/mol. The van der Waals surface area contributed by atoms with Gasteiger partial charge in [-0.2, -0.15) is 4.99 Å². The van der Waals surface area contributed by atoms with Gasteiger partial charge < -0.3 is 5.32 Å². The molecule has 0 atom stereocenters. The molecule has 3 N–H and O–H groups in total. The number of nitrogens with zero attached hydrogens (tertiary/aromatic N) is 2. The average molecular weight is 391 g/mol. The largest absolute Gasteiger partial charge is 0.353 e. The summed E-state index contributed by atoms with van der Waals surface area (Å²) in [6.45, 7) is 0. The van der Waals surface area contributed by atoms with Crippen molar-refractivity contribution < 1.29 is 14.4 Å². The molecule has 0 aromatic carbocycles.